The SMILES string of the molecule is CC(=O)O[C@@H](COC(=O)c1ccccc1)C(=O)O.CC1CCCO1.CC1CCCO1.Cc1ccnc(C(C)C)c1-n1c(=O)[nH]c(=O)c2cc(F)c(Cl)cc21.Cc1ccnc(C(C)C)c1-n1c(=O)[nH]c(=O)c2cc(F)c(Cl)cc21.O=C=O. The van der Waals surface area contributed by atoms with Gasteiger partial charge in [0.25, 0.3) is 11.1 Å². The van der Waals surface area contributed by atoms with E-state index in [-0.39, 0.29) is 49.8 Å². The number of carboxylic acids is 1. The third-order valence-corrected chi connectivity index (χ3v) is 12.6. The second-order valence-corrected chi connectivity index (χ2v) is 19.7. The maximum Gasteiger partial charge on any atom is 0.373 e. The van der Waals surface area contributed by atoms with Gasteiger partial charge >= 0.3 is 35.4 Å². The van der Waals surface area contributed by atoms with Gasteiger partial charge in [0.2, 0.25) is 6.10 Å². The molecule has 3 atom stereocenters. The molecule has 24 heteroatoms. The smallest absolute Gasteiger partial charge is 0.373 e. The number of benzene rings is 3. The van der Waals surface area contributed by atoms with Crippen molar-refractivity contribution in [2.75, 3.05) is 19.8 Å². The Balaban J connectivity index is 0.000000232. The Morgan fingerprint density at radius 2 is 1.14 bits per heavy atom. The lowest BCUT2D eigenvalue weighted by Crippen LogP contribution is -2.32. The molecular weight excluding hydrogens is 1100 g/mol. The van der Waals surface area contributed by atoms with Crippen LogP contribution in [0, 0.1) is 25.5 Å². The van der Waals surface area contributed by atoms with Gasteiger partial charge in [-0.25, -0.2) is 28.0 Å². The molecule has 81 heavy (non-hydrogen) atoms. The van der Waals surface area contributed by atoms with Crippen molar-refractivity contribution in [2.45, 2.75) is 118 Å². The summed E-state index contributed by atoms with van der Waals surface area (Å²) in [5.41, 5.74) is 2.39. The number of H-pyrrole nitrogens is 2. The highest BCUT2D eigenvalue weighted by atomic mass is 35.5. The van der Waals surface area contributed by atoms with Crippen molar-refractivity contribution < 1.29 is 56.8 Å². The van der Waals surface area contributed by atoms with Crippen LogP contribution in [-0.2, 0) is 38.1 Å². The van der Waals surface area contributed by atoms with E-state index in [0.29, 0.717) is 40.5 Å². The number of rotatable bonds is 9. The minimum Gasteiger partial charge on any atom is -0.478 e. The summed E-state index contributed by atoms with van der Waals surface area (Å²) in [6.45, 7) is 18.3. The number of carbonyl (C=O) groups is 3. The van der Waals surface area contributed by atoms with E-state index in [1.807, 2.05) is 41.5 Å². The fraction of sp³-hybridized carbons (Fsp3) is 0.368. The van der Waals surface area contributed by atoms with Crippen molar-refractivity contribution in [3.05, 3.63) is 171 Å². The van der Waals surface area contributed by atoms with Gasteiger partial charge in [0.05, 0.1) is 72.4 Å². The molecule has 2 saturated heterocycles. The molecule has 0 spiro atoms. The zero-order valence-electron chi connectivity index (χ0n) is 45.9. The lowest BCUT2D eigenvalue weighted by molar-refractivity contribution is -0.191. The Hall–Kier alpha value is -8.01. The Morgan fingerprint density at radius 1 is 0.728 bits per heavy atom. The van der Waals surface area contributed by atoms with Crippen LogP contribution in [-0.4, -0.2) is 96.4 Å². The highest BCUT2D eigenvalue weighted by molar-refractivity contribution is 6.31. The van der Waals surface area contributed by atoms with Crippen molar-refractivity contribution in [3.63, 3.8) is 0 Å². The maximum atomic E-state index is 13.8. The second kappa shape index (κ2) is 31.1. The standard InChI is InChI=1S/2C17H15ClFN3O2.C12H12O6.2C5H10O.CO2/c2*1-8(2)14-15(9(3)4-5-20-14)22-13-7-11(18)12(19)6-10(13)16(23)21-17(22)24;1-8(13)18-10(11(14)15)7-17-12(16)9-5-3-2-4-6-9;2*1-5-3-2-4-6-5;2-1-3/h2*4-8H,1-3H3,(H,21,23,24);2-6,10H,7H2,1H3,(H,14,15);2*5H,2-4H2,1H3;/t;;10-;;;/m..0.../s1. The Morgan fingerprint density at radius 3 is 1.46 bits per heavy atom. The molecule has 9 rings (SSSR count). The van der Waals surface area contributed by atoms with E-state index in [2.05, 4.69) is 38.5 Å². The van der Waals surface area contributed by atoms with E-state index < -0.39 is 64.8 Å². The predicted molar refractivity (Wildman–Crippen MR) is 298 cm³/mol. The number of hydrogen-bond acceptors (Lipinski definition) is 15. The van der Waals surface area contributed by atoms with E-state index in [9.17, 15) is 42.3 Å². The third-order valence-electron chi connectivity index (χ3n) is 12.0. The monoisotopic (exact) mass is 1160 g/mol. The molecule has 4 aromatic heterocycles. The zero-order chi connectivity index (χ0) is 60.2. The molecule has 2 aliphatic heterocycles. The van der Waals surface area contributed by atoms with Crippen molar-refractivity contribution in [1.29, 1.82) is 0 Å². The van der Waals surface area contributed by atoms with Crippen LogP contribution in [0.5, 0.6) is 0 Å². The number of ether oxygens (including phenoxy) is 4. The molecule has 0 amide bonds. The summed E-state index contributed by atoms with van der Waals surface area (Å²) >= 11 is 11.8. The van der Waals surface area contributed by atoms with Crippen LogP contribution in [0.15, 0.2) is 98.3 Å². The predicted octanol–water partition coefficient (Wildman–Crippen LogP) is 9.24. The van der Waals surface area contributed by atoms with Crippen LogP contribution in [0.1, 0.15) is 119 Å². The first-order valence-electron chi connectivity index (χ1n) is 25.4. The lowest BCUT2D eigenvalue weighted by Gasteiger charge is -2.17. The molecule has 0 radical (unpaired) electrons. The van der Waals surface area contributed by atoms with Gasteiger partial charge in [0.1, 0.15) is 18.2 Å². The number of hydrogen-bond donors (Lipinski definition) is 3. The number of carbonyl (C=O) groups excluding carboxylic acids is 4. The first-order chi connectivity index (χ1) is 38.3. The highest BCUT2D eigenvalue weighted by Crippen LogP contribution is 2.29. The largest absolute Gasteiger partial charge is 0.478 e. The molecule has 6 heterocycles. The average molecular weight is 1160 g/mol. The molecule has 2 aliphatic rings. The van der Waals surface area contributed by atoms with Crippen LogP contribution in [0.3, 0.4) is 0 Å². The van der Waals surface area contributed by atoms with Crippen molar-refractivity contribution >= 4 is 69.1 Å². The fourth-order valence-electron chi connectivity index (χ4n) is 8.12. The van der Waals surface area contributed by atoms with Gasteiger partial charge < -0.3 is 24.1 Å². The number of nitrogens with one attached hydrogen (secondary N) is 2. The minimum absolute atomic E-state index is 0.0460. The molecule has 2 fully saturated rings. The molecule has 0 saturated carbocycles. The number of fused-ring (bicyclic) bond motifs is 2. The van der Waals surface area contributed by atoms with Crippen molar-refractivity contribution in [2.24, 2.45) is 0 Å². The molecule has 0 bridgehead atoms. The normalized spacial score (nSPS) is 14.5. The Bertz CT molecular complexity index is 3420. The molecule has 7 aromatic rings. The minimum atomic E-state index is -1.49. The number of nitrogens with zero attached hydrogens (tertiary/aromatic N) is 4. The van der Waals surface area contributed by atoms with Crippen LogP contribution >= 0.6 is 23.2 Å². The van der Waals surface area contributed by atoms with Crippen LogP contribution in [0.2, 0.25) is 10.0 Å². The summed E-state index contributed by atoms with van der Waals surface area (Å²) in [6, 6.07) is 16.3. The lowest BCUT2D eigenvalue weighted by atomic mass is 10.0. The number of aromatic nitrogens is 6. The van der Waals surface area contributed by atoms with E-state index in [1.165, 1.54) is 59.1 Å². The van der Waals surface area contributed by atoms with Crippen LogP contribution in [0.4, 0.5) is 8.78 Å². The molecule has 20 nitrogen and oxygen atoms in total. The quantitative estimate of drug-likeness (QED) is 0.114. The maximum absolute atomic E-state index is 13.8. The molecular formula is C57H62Cl2F2N6O14. The number of halogens is 4. The van der Waals surface area contributed by atoms with Gasteiger partial charge in [0, 0.05) is 32.5 Å². The third kappa shape index (κ3) is 18.3. The van der Waals surface area contributed by atoms with Gasteiger partial charge in [-0.15, -0.1) is 0 Å². The Kier molecular flexibility index (Phi) is 25.2. The summed E-state index contributed by atoms with van der Waals surface area (Å²) in [6.07, 6.45) is 8.24. The number of carboxylic acid groups (broad SMARTS) is 1. The van der Waals surface area contributed by atoms with E-state index in [4.69, 9.17) is 52.1 Å². The fourth-order valence-corrected chi connectivity index (χ4v) is 8.44. The highest BCUT2D eigenvalue weighted by Gasteiger charge is 2.24. The number of aliphatic carboxylic acids is 1. The van der Waals surface area contributed by atoms with E-state index >= 15 is 0 Å². The summed E-state index contributed by atoms with van der Waals surface area (Å²) in [4.78, 5) is 111. The first-order valence-corrected chi connectivity index (χ1v) is 26.1. The molecule has 0 aliphatic carbocycles. The summed E-state index contributed by atoms with van der Waals surface area (Å²) < 4.78 is 49.7. The number of pyridine rings is 2. The summed E-state index contributed by atoms with van der Waals surface area (Å²) in [5, 5.41) is 8.52. The number of aromatic amines is 2. The van der Waals surface area contributed by atoms with Crippen LogP contribution in [0.25, 0.3) is 33.2 Å². The number of aryl methyl sites for hydroxylation is 2. The van der Waals surface area contributed by atoms with Gasteiger partial charge in [-0.05, 0) is 125 Å². The average Bonchev–Trinajstić information content (AvgIpc) is 4.19. The first kappa shape index (κ1) is 65.5. The molecule has 3 aromatic carbocycles. The summed E-state index contributed by atoms with van der Waals surface area (Å²) in [7, 11) is 0. The molecule has 2 unspecified atom stereocenters. The van der Waals surface area contributed by atoms with Gasteiger partial charge in [0.15, 0.2) is 0 Å². The Labute approximate surface area is 473 Å². The number of esters is 2. The van der Waals surface area contributed by atoms with Gasteiger partial charge in [-0.2, -0.15) is 9.59 Å². The van der Waals surface area contributed by atoms with Crippen molar-refractivity contribution in [3.8, 4) is 11.4 Å². The van der Waals surface area contributed by atoms with Crippen molar-refractivity contribution in [1.82, 2.24) is 29.1 Å². The van der Waals surface area contributed by atoms with Crippen LogP contribution < -0.4 is 22.5 Å². The van der Waals surface area contributed by atoms with E-state index in [0.717, 1.165) is 43.4 Å². The van der Waals surface area contributed by atoms with Gasteiger partial charge in [-0.1, -0.05) is 69.1 Å². The van der Waals surface area contributed by atoms with Gasteiger partial charge in [-0.3, -0.25) is 43.5 Å². The van der Waals surface area contributed by atoms with E-state index in [1.54, 1.807) is 42.7 Å². The molecule has 432 valence electrons. The second-order valence-electron chi connectivity index (χ2n) is 18.9. The topological polar surface area (TPSA) is 278 Å². The summed E-state index contributed by atoms with van der Waals surface area (Å²) in [5.74, 6) is -4.13. The molecule has 3 N–H and O–H groups in total. The zero-order valence-corrected chi connectivity index (χ0v) is 47.4.